The molecule has 1 nitrogen and oxygen atoms in total. The standard InChI is InChI=1S/C8H9BrClN/c1-2-7(9)6-3-4-11-8(10)5-6/h3-5,7H,2H2,1H3. The lowest BCUT2D eigenvalue weighted by Crippen LogP contribution is -1.87. The molecule has 11 heavy (non-hydrogen) atoms. The van der Waals surface area contributed by atoms with Crippen LogP contribution in [0.2, 0.25) is 5.15 Å². The first-order valence-electron chi connectivity index (χ1n) is 3.49. The van der Waals surface area contributed by atoms with Gasteiger partial charge in [0.05, 0.1) is 0 Å². The molecular formula is C8H9BrClN. The maximum atomic E-state index is 5.71. The molecule has 0 spiro atoms. The smallest absolute Gasteiger partial charge is 0.129 e. The molecule has 0 aliphatic carbocycles. The molecule has 0 aliphatic rings. The normalized spacial score (nSPS) is 13.0. The first kappa shape index (κ1) is 9.01. The van der Waals surface area contributed by atoms with E-state index in [1.165, 1.54) is 5.56 Å². The Morgan fingerprint density at radius 3 is 3.00 bits per heavy atom. The SMILES string of the molecule is CCC(Br)c1ccnc(Cl)c1. The third kappa shape index (κ3) is 2.46. The van der Waals surface area contributed by atoms with Gasteiger partial charge >= 0.3 is 0 Å². The van der Waals surface area contributed by atoms with E-state index < -0.39 is 0 Å². The van der Waals surface area contributed by atoms with E-state index in [4.69, 9.17) is 11.6 Å². The highest BCUT2D eigenvalue weighted by atomic mass is 79.9. The van der Waals surface area contributed by atoms with Gasteiger partial charge in [-0.1, -0.05) is 34.5 Å². The maximum Gasteiger partial charge on any atom is 0.129 e. The number of aromatic nitrogens is 1. The molecule has 1 atom stereocenters. The fourth-order valence-electron chi connectivity index (χ4n) is 0.848. The first-order chi connectivity index (χ1) is 5.24. The average molecular weight is 235 g/mol. The fraction of sp³-hybridized carbons (Fsp3) is 0.375. The summed E-state index contributed by atoms with van der Waals surface area (Å²) in [5, 5.41) is 0.556. The molecule has 0 radical (unpaired) electrons. The number of pyridine rings is 1. The monoisotopic (exact) mass is 233 g/mol. The van der Waals surface area contributed by atoms with Gasteiger partial charge in [0.2, 0.25) is 0 Å². The molecule has 1 rings (SSSR count). The summed E-state index contributed by atoms with van der Waals surface area (Å²) in [4.78, 5) is 4.29. The Balaban J connectivity index is 2.86. The molecule has 0 N–H and O–H groups in total. The van der Waals surface area contributed by atoms with Crippen LogP contribution in [0.1, 0.15) is 23.7 Å². The first-order valence-corrected chi connectivity index (χ1v) is 4.79. The van der Waals surface area contributed by atoms with Crippen molar-refractivity contribution in [2.75, 3.05) is 0 Å². The van der Waals surface area contributed by atoms with E-state index in [1.54, 1.807) is 6.20 Å². The van der Waals surface area contributed by atoms with Gasteiger partial charge in [0, 0.05) is 11.0 Å². The van der Waals surface area contributed by atoms with Crippen LogP contribution in [0.15, 0.2) is 18.3 Å². The molecule has 1 heterocycles. The van der Waals surface area contributed by atoms with Crippen LogP contribution in [0, 0.1) is 0 Å². The van der Waals surface area contributed by atoms with E-state index in [2.05, 4.69) is 27.8 Å². The molecule has 0 aliphatic heterocycles. The van der Waals surface area contributed by atoms with E-state index in [0.717, 1.165) is 6.42 Å². The second-order valence-electron chi connectivity index (χ2n) is 2.29. The predicted octanol–water partition coefficient (Wildman–Crippen LogP) is 3.58. The van der Waals surface area contributed by atoms with Crippen molar-refractivity contribution in [3.8, 4) is 0 Å². The number of nitrogens with zero attached hydrogens (tertiary/aromatic N) is 1. The van der Waals surface area contributed by atoms with E-state index in [-0.39, 0.29) is 0 Å². The quantitative estimate of drug-likeness (QED) is 0.563. The minimum absolute atomic E-state index is 0.392. The van der Waals surface area contributed by atoms with Crippen molar-refractivity contribution in [1.82, 2.24) is 4.98 Å². The zero-order valence-corrected chi connectivity index (χ0v) is 8.56. The Bertz CT molecular complexity index is 239. The van der Waals surface area contributed by atoms with Gasteiger partial charge < -0.3 is 0 Å². The summed E-state index contributed by atoms with van der Waals surface area (Å²) in [6, 6.07) is 3.85. The van der Waals surface area contributed by atoms with Gasteiger partial charge in [-0.15, -0.1) is 0 Å². The Labute approximate surface area is 79.9 Å². The van der Waals surface area contributed by atoms with Gasteiger partial charge in [-0.25, -0.2) is 4.98 Å². The Morgan fingerprint density at radius 1 is 1.73 bits per heavy atom. The lowest BCUT2D eigenvalue weighted by molar-refractivity contribution is 0.908. The topological polar surface area (TPSA) is 12.9 Å². The van der Waals surface area contributed by atoms with Gasteiger partial charge in [-0.3, -0.25) is 0 Å². The maximum absolute atomic E-state index is 5.71. The molecule has 1 aromatic heterocycles. The number of rotatable bonds is 2. The van der Waals surface area contributed by atoms with Crippen LogP contribution >= 0.6 is 27.5 Å². The summed E-state index contributed by atoms with van der Waals surface area (Å²) in [7, 11) is 0. The molecule has 0 aromatic carbocycles. The fourth-order valence-corrected chi connectivity index (χ4v) is 1.32. The highest BCUT2D eigenvalue weighted by molar-refractivity contribution is 9.09. The van der Waals surface area contributed by atoms with Crippen molar-refractivity contribution < 1.29 is 0 Å². The van der Waals surface area contributed by atoms with Crippen molar-refractivity contribution in [1.29, 1.82) is 0 Å². The molecule has 0 saturated heterocycles. The average Bonchev–Trinajstić information content (AvgIpc) is 2.03. The van der Waals surface area contributed by atoms with Crippen LogP contribution in [-0.2, 0) is 0 Å². The minimum atomic E-state index is 0.392. The van der Waals surface area contributed by atoms with Crippen molar-refractivity contribution in [2.24, 2.45) is 0 Å². The largest absolute Gasteiger partial charge is 0.245 e. The molecule has 0 amide bonds. The van der Waals surface area contributed by atoms with Crippen LogP contribution < -0.4 is 0 Å². The van der Waals surface area contributed by atoms with E-state index >= 15 is 0 Å². The number of alkyl halides is 1. The second-order valence-corrected chi connectivity index (χ2v) is 3.78. The van der Waals surface area contributed by atoms with Crippen LogP contribution in [0.4, 0.5) is 0 Å². The molecule has 0 saturated carbocycles. The van der Waals surface area contributed by atoms with Crippen molar-refractivity contribution in [3.63, 3.8) is 0 Å². The van der Waals surface area contributed by atoms with Crippen molar-refractivity contribution >= 4 is 27.5 Å². The number of hydrogen-bond acceptors (Lipinski definition) is 1. The second kappa shape index (κ2) is 4.07. The molecule has 1 aromatic rings. The molecule has 0 bridgehead atoms. The van der Waals surface area contributed by atoms with Gasteiger partial charge in [0.1, 0.15) is 5.15 Å². The summed E-state index contributed by atoms with van der Waals surface area (Å²) in [6.07, 6.45) is 2.78. The third-order valence-corrected chi connectivity index (χ3v) is 2.85. The summed E-state index contributed by atoms with van der Waals surface area (Å²) in [5.41, 5.74) is 1.19. The van der Waals surface area contributed by atoms with E-state index in [0.29, 0.717) is 9.98 Å². The summed E-state index contributed by atoms with van der Waals surface area (Å²) in [5.74, 6) is 0. The number of hydrogen-bond donors (Lipinski definition) is 0. The van der Waals surface area contributed by atoms with Crippen molar-refractivity contribution in [2.45, 2.75) is 18.2 Å². The zero-order valence-electron chi connectivity index (χ0n) is 6.22. The van der Waals surface area contributed by atoms with Crippen LogP contribution in [0.5, 0.6) is 0 Å². The van der Waals surface area contributed by atoms with E-state index in [9.17, 15) is 0 Å². The lowest BCUT2D eigenvalue weighted by Gasteiger charge is -2.05. The molecule has 3 heteroatoms. The van der Waals surface area contributed by atoms with Gasteiger partial charge in [-0.05, 0) is 24.1 Å². The van der Waals surface area contributed by atoms with Crippen LogP contribution in [0.3, 0.4) is 0 Å². The van der Waals surface area contributed by atoms with Crippen LogP contribution in [0.25, 0.3) is 0 Å². The third-order valence-electron chi connectivity index (χ3n) is 1.47. The predicted molar refractivity (Wildman–Crippen MR) is 51.2 cm³/mol. The zero-order chi connectivity index (χ0) is 8.27. The van der Waals surface area contributed by atoms with Gasteiger partial charge in [0.15, 0.2) is 0 Å². The van der Waals surface area contributed by atoms with Crippen molar-refractivity contribution in [3.05, 3.63) is 29.0 Å². The molecular weight excluding hydrogens is 225 g/mol. The van der Waals surface area contributed by atoms with Gasteiger partial charge in [-0.2, -0.15) is 0 Å². The Kier molecular flexibility index (Phi) is 3.34. The van der Waals surface area contributed by atoms with Gasteiger partial charge in [0.25, 0.3) is 0 Å². The minimum Gasteiger partial charge on any atom is -0.245 e. The van der Waals surface area contributed by atoms with Crippen LogP contribution in [-0.4, -0.2) is 4.98 Å². The highest BCUT2D eigenvalue weighted by Gasteiger charge is 2.03. The Morgan fingerprint density at radius 2 is 2.45 bits per heavy atom. The summed E-state index contributed by atoms with van der Waals surface area (Å²) < 4.78 is 0. The summed E-state index contributed by atoms with van der Waals surface area (Å²) >= 11 is 9.25. The summed E-state index contributed by atoms with van der Waals surface area (Å²) in [6.45, 7) is 2.12. The molecule has 60 valence electrons. The molecule has 1 unspecified atom stereocenters. The highest BCUT2D eigenvalue weighted by Crippen LogP contribution is 2.26. The Hall–Kier alpha value is -0.0800. The lowest BCUT2D eigenvalue weighted by atomic mass is 10.2. The molecule has 0 fully saturated rings. The van der Waals surface area contributed by atoms with E-state index in [1.807, 2.05) is 12.1 Å². The number of halogens is 2.